The van der Waals surface area contributed by atoms with Gasteiger partial charge in [0.1, 0.15) is 6.10 Å². The Bertz CT molecular complexity index is 398. The zero-order chi connectivity index (χ0) is 10.5. The lowest BCUT2D eigenvalue weighted by Crippen LogP contribution is -2.34. The molecule has 2 bridgehead atoms. The number of fused-ring (bicyclic) bond motifs is 2. The van der Waals surface area contributed by atoms with Crippen LogP contribution in [0.2, 0.25) is 0 Å². The summed E-state index contributed by atoms with van der Waals surface area (Å²) in [5, 5.41) is 0. The van der Waals surface area contributed by atoms with Crippen molar-refractivity contribution >= 4 is 5.97 Å². The standard InChI is InChI=1S/C13H14O2/c1-9-11-7-8-13(9,12(14)15-11)10-5-3-2-4-6-10/h2-6,9,11H,7-8H2,1H3/t9-,11-,13-/m1/s1. The van der Waals surface area contributed by atoms with E-state index in [1.165, 1.54) is 0 Å². The van der Waals surface area contributed by atoms with Gasteiger partial charge in [-0.15, -0.1) is 0 Å². The number of benzene rings is 1. The summed E-state index contributed by atoms with van der Waals surface area (Å²) in [6.07, 6.45) is 2.11. The monoisotopic (exact) mass is 202 g/mol. The summed E-state index contributed by atoms with van der Waals surface area (Å²) >= 11 is 0. The first-order valence-corrected chi connectivity index (χ1v) is 5.52. The van der Waals surface area contributed by atoms with E-state index in [1.807, 2.05) is 30.3 Å². The Kier molecular flexibility index (Phi) is 1.70. The van der Waals surface area contributed by atoms with Crippen molar-refractivity contribution in [1.82, 2.24) is 0 Å². The molecule has 3 rings (SSSR count). The number of esters is 1. The van der Waals surface area contributed by atoms with E-state index in [4.69, 9.17) is 4.74 Å². The molecule has 0 amide bonds. The first kappa shape index (κ1) is 8.96. The van der Waals surface area contributed by atoms with Crippen molar-refractivity contribution in [2.75, 3.05) is 0 Å². The van der Waals surface area contributed by atoms with E-state index in [9.17, 15) is 4.79 Å². The molecular formula is C13H14O2. The van der Waals surface area contributed by atoms with Gasteiger partial charge < -0.3 is 4.74 Å². The molecule has 0 N–H and O–H groups in total. The van der Waals surface area contributed by atoms with Gasteiger partial charge in [-0.25, -0.2) is 0 Å². The first-order valence-electron chi connectivity index (χ1n) is 5.52. The van der Waals surface area contributed by atoms with Crippen LogP contribution in [0, 0.1) is 5.92 Å². The third kappa shape index (κ3) is 0.969. The van der Waals surface area contributed by atoms with E-state index < -0.39 is 0 Å². The molecule has 1 aliphatic carbocycles. The van der Waals surface area contributed by atoms with Crippen molar-refractivity contribution in [3.05, 3.63) is 35.9 Å². The summed E-state index contributed by atoms with van der Waals surface area (Å²) in [5.74, 6) is 0.310. The minimum Gasteiger partial charge on any atom is -0.461 e. The van der Waals surface area contributed by atoms with Gasteiger partial charge in [0.05, 0.1) is 5.41 Å². The Morgan fingerprint density at radius 3 is 2.60 bits per heavy atom. The van der Waals surface area contributed by atoms with Gasteiger partial charge >= 0.3 is 5.97 Å². The van der Waals surface area contributed by atoms with Gasteiger partial charge in [0, 0.05) is 5.92 Å². The molecule has 0 unspecified atom stereocenters. The predicted molar refractivity (Wildman–Crippen MR) is 56.4 cm³/mol. The van der Waals surface area contributed by atoms with Gasteiger partial charge in [-0.2, -0.15) is 0 Å². The van der Waals surface area contributed by atoms with Crippen LogP contribution in [0.5, 0.6) is 0 Å². The molecule has 2 fully saturated rings. The second-order valence-electron chi connectivity index (χ2n) is 4.61. The smallest absolute Gasteiger partial charge is 0.317 e. The third-order valence-corrected chi connectivity index (χ3v) is 4.07. The summed E-state index contributed by atoms with van der Waals surface area (Å²) in [5.41, 5.74) is 0.786. The number of carbonyl (C=O) groups is 1. The maximum atomic E-state index is 11.9. The summed E-state index contributed by atoms with van der Waals surface area (Å²) in [6.45, 7) is 2.13. The van der Waals surface area contributed by atoms with Crippen molar-refractivity contribution in [2.45, 2.75) is 31.3 Å². The molecule has 1 saturated heterocycles. The lowest BCUT2D eigenvalue weighted by molar-refractivity contribution is -0.149. The van der Waals surface area contributed by atoms with Gasteiger partial charge in [-0.1, -0.05) is 37.3 Å². The molecule has 0 aromatic heterocycles. The Hall–Kier alpha value is -1.31. The van der Waals surface area contributed by atoms with Crippen LogP contribution in [-0.2, 0) is 14.9 Å². The minimum absolute atomic E-state index is 0.0162. The zero-order valence-electron chi connectivity index (χ0n) is 8.77. The Morgan fingerprint density at radius 2 is 2.07 bits per heavy atom. The average molecular weight is 202 g/mol. The van der Waals surface area contributed by atoms with Gasteiger partial charge in [0.25, 0.3) is 0 Å². The lowest BCUT2D eigenvalue weighted by atomic mass is 9.74. The Balaban J connectivity index is 2.13. The highest BCUT2D eigenvalue weighted by Gasteiger charge is 2.60. The molecule has 78 valence electrons. The summed E-state index contributed by atoms with van der Waals surface area (Å²) in [4.78, 5) is 11.9. The summed E-state index contributed by atoms with van der Waals surface area (Å²) in [6, 6.07) is 10.1. The number of hydrogen-bond acceptors (Lipinski definition) is 2. The molecule has 1 aromatic carbocycles. The fourth-order valence-electron chi connectivity index (χ4n) is 3.12. The largest absolute Gasteiger partial charge is 0.461 e. The Morgan fingerprint density at radius 1 is 1.33 bits per heavy atom. The van der Waals surface area contributed by atoms with E-state index in [2.05, 4.69) is 6.92 Å². The molecule has 0 spiro atoms. The highest BCUT2D eigenvalue weighted by Crippen LogP contribution is 2.52. The van der Waals surface area contributed by atoms with Crippen LogP contribution in [-0.4, -0.2) is 12.1 Å². The van der Waals surface area contributed by atoms with Crippen LogP contribution in [0.4, 0.5) is 0 Å². The van der Waals surface area contributed by atoms with Crippen LogP contribution < -0.4 is 0 Å². The van der Waals surface area contributed by atoms with Gasteiger partial charge in [0.15, 0.2) is 0 Å². The molecular weight excluding hydrogens is 188 g/mol. The molecule has 2 heteroatoms. The highest BCUT2D eigenvalue weighted by atomic mass is 16.6. The molecule has 0 radical (unpaired) electrons. The third-order valence-electron chi connectivity index (χ3n) is 4.07. The molecule has 1 saturated carbocycles. The molecule has 2 aliphatic rings. The second-order valence-corrected chi connectivity index (χ2v) is 4.61. The number of ether oxygens (including phenoxy) is 1. The van der Waals surface area contributed by atoms with E-state index in [0.717, 1.165) is 18.4 Å². The topological polar surface area (TPSA) is 26.3 Å². The summed E-state index contributed by atoms with van der Waals surface area (Å²) < 4.78 is 5.39. The van der Waals surface area contributed by atoms with Crippen LogP contribution >= 0.6 is 0 Å². The van der Waals surface area contributed by atoms with Crippen molar-refractivity contribution in [3.63, 3.8) is 0 Å². The van der Waals surface area contributed by atoms with Gasteiger partial charge in [-0.3, -0.25) is 4.79 Å². The molecule has 1 heterocycles. The van der Waals surface area contributed by atoms with E-state index in [1.54, 1.807) is 0 Å². The van der Waals surface area contributed by atoms with Crippen LogP contribution in [0.3, 0.4) is 0 Å². The van der Waals surface area contributed by atoms with E-state index in [-0.39, 0.29) is 17.5 Å². The minimum atomic E-state index is -0.341. The Labute approximate surface area is 89.2 Å². The number of hydrogen-bond donors (Lipinski definition) is 0. The van der Waals surface area contributed by atoms with Crippen LogP contribution in [0.25, 0.3) is 0 Å². The molecule has 15 heavy (non-hydrogen) atoms. The highest BCUT2D eigenvalue weighted by molar-refractivity contribution is 5.87. The van der Waals surface area contributed by atoms with Crippen molar-refractivity contribution in [1.29, 1.82) is 0 Å². The van der Waals surface area contributed by atoms with Crippen LogP contribution in [0.1, 0.15) is 25.3 Å². The molecule has 1 aliphatic heterocycles. The molecule has 1 aromatic rings. The number of rotatable bonds is 1. The predicted octanol–water partition coefficient (Wildman–Crippen LogP) is 2.28. The maximum absolute atomic E-state index is 11.9. The van der Waals surface area contributed by atoms with Crippen LogP contribution in [0.15, 0.2) is 30.3 Å². The van der Waals surface area contributed by atoms with Crippen molar-refractivity contribution < 1.29 is 9.53 Å². The quantitative estimate of drug-likeness (QED) is 0.653. The summed E-state index contributed by atoms with van der Waals surface area (Å²) in [7, 11) is 0. The van der Waals surface area contributed by atoms with E-state index in [0.29, 0.717) is 5.92 Å². The van der Waals surface area contributed by atoms with Gasteiger partial charge in [-0.05, 0) is 18.4 Å². The zero-order valence-corrected chi connectivity index (χ0v) is 8.77. The number of carbonyl (C=O) groups excluding carboxylic acids is 1. The van der Waals surface area contributed by atoms with Crippen molar-refractivity contribution in [2.24, 2.45) is 5.92 Å². The normalized spacial score (nSPS) is 38.1. The first-order chi connectivity index (χ1) is 7.25. The lowest BCUT2D eigenvalue weighted by Gasteiger charge is -2.26. The molecule has 3 atom stereocenters. The average Bonchev–Trinajstić information content (AvgIpc) is 2.71. The maximum Gasteiger partial charge on any atom is 0.317 e. The van der Waals surface area contributed by atoms with Crippen molar-refractivity contribution in [3.8, 4) is 0 Å². The van der Waals surface area contributed by atoms with E-state index >= 15 is 0 Å². The SMILES string of the molecule is C[C@@H]1[C@H]2CC[C@@]1(c1ccccc1)C(=O)O2. The second kappa shape index (κ2) is 2.84. The fraction of sp³-hybridized carbons (Fsp3) is 0.462. The fourth-order valence-corrected chi connectivity index (χ4v) is 3.12. The van der Waals surface area contributed by atoms with Gasteiger partial charge in [0.2, 0.25) is 0 Å². The molecule has 2 nitrogen and oxygen atoms in total.